The molecule has 0 aliphatic heterocycles. The predicted octanol–water partition coefficient (Wildman–Crippen LogP) is 3.64. The third-order valence-corrected chi connectivity index (χ3v) is 0.908. The first-order chi connectivity index (χ1) is 4.23. The van der Waals surface area contributed by atoms with Gasteiger partial charge in [-0.1, -0.05) is 6.42 Å². The second kappa shape index (κ2) is 7.69. The van der Waals surface area contributed by atoms with Crippen molar-refractivity contribution >= 4 is 27.9 Å². The molecular weight excluding hydrogens is 214 g/mol. The molecule has 1 rings (SSSR count). The van der Waals surface area contributed by atoms with Crippen LogP contribution in [0, 0.1) is 12.8 Å². The molecule has 0 bridgehead atoms. The van der Waals surface area contributed by atoms with Crippen LogP contribution in [0.25, 0.3) is 0 Å². The monoisotopic (exact) mass is 221 g/mol. The van der Waals surface area contributed by atoms with E-state index in [1.165, 1.54) is 19.3 Å². The van der Waals surface area contributed by atoms with Gasteiger partial charge in [0.1, 0.15) is 0 Å². The zero-order valence-electron chi connectivity index (χ0n) is 4.91. The maximum absolute atomic E-state index is 4.97. The summed E-state index contributed by atoms with van der Waals surface area (Å²) in [5.74, 6) is 0. The fourth-order valence-electron chi connectivity index (χ4n) is 0.589. The van der Waals surface area contributed by atoms with Crippen molar-refractivity contribution in [3.05, 3.63) is 12.8 Å². The van der Waals surface area contributed by atoms with E-state index in [2.05, 4.69) is 12.8 Å². The number of rotatable bonds is 0. The fraction of sp³-hybridized carbons (Fsp3) is 0.600. The van der Waals surface area contributed by atoms with Gasteiger partial charge in [0, 0.05) is 0 Å². The van der Waals surface area contributed by atoms with Crippen molar-refractivity contribution in [2.45, 2.75) is 19.3 Å². The van der Waals surface area contributed by atoms with Gasteiger partial charge in [0.25, 0.3) is 0 Å². The molecule has 0 aromatic carbocycles. The summed E-state index contributed by atoms with van der Waals surface area (Å²) in [4.78, 5) is 0. The van der Waals surface area contributed by atoms with E-state index in [1.807, 2.05) is 0 Å². The third-order valence-electron chi connectivity index (χ3n) is 0.908. The van der Waals surface area contributed by atoms with Gasteiger partial charge in [0.15, 0.2) is 0 Å². The molecule has 1 saturated carbocycles. The van der Waals surface area contributed by atoms with Crippen LogP contribution in [-0.4, -0.2) is 0 Å². The number of hydrogen-bond acceptors (Lipinski definition) is 0. The predicted molar refractivity (Wildman–Crippen MR) is 40.0 cm³/mol. The summed E-state index contributed by atoms with van der Waals surface area (Å²) < 4.78 is 0. The Kier molecular flexibility index (Phi) is 9.04. The summed E-state index contributed by atoms with van der Waals surface area (Å²) in [5.41, 5.74) is 0. The Morgan fingerprint density at radius 1 is 1.00 bits per heavy atom. The van der Waals surface area contributed by atoms with Crippen LogP contribution in [0.1, 0.15) is 19.3 Å². The first kappa shape index (κ1) is 10.6. The Bertz CT molecular complexity index is 43.8. The molecule has 1 aliphatic rings. The van der Waals surface area contributed by atoms with Gasteiger partial charge in [-0.2, -0.15) is 0 Å². The van der Waals surface area contributed by atoms with Crippen molar-refractivity contribution in [3.8, 4) is 0 Å². The Balaban J connectivity index is 0.000000148. The van der Waals surface area contributed by atoms with Crippen LogP contribution in [0.3, 0.4) is 0 Å². The quantitative estimate of drug-likeness (QED) is 0.549. The van der Waals surface area contributed by atoms with Gasteiger partial charge in [-0.3, -0.25) is 0 Å². The van der Waals surface area contributed by atoms with Gasteiger partial charge in [-0.25, -0.2) is 0 Å². The third kappa shape index (κ3) is 12.7. The average Bonchev–Trinajstić information content (AvgIpc) is 2.11. The maximum atomic E-state index is 4.97. The summed E-state index contributed by atoms with van der Waals surface area (Å²) in [5, 5.41) is 0. The Hall–Kier alpha value is 1.58. The van der Waals surface area contributed by atoms with Crippen LogP contribution < -0.4 is 0 Å². The van der Waals surface area contributed by atoms with E-state index >= 15 is 0 Å². The molecule has 1 aliphatic carbocycles. The normalized spacial score (nSPS) is 16.3. The summed E-state index contributed by atoms with van der Waals surface area (Å²) >= 11 is -1.92. The van der Waals surface area contributed by atoms with E-state index in [4.69, 9.17) is 27.9 Å². The summed E-state index contributed by atoms with van der Waals surface area (Å²) in [6.07, 6.45) is 8.50. The van der Waals surface area contributed by atoms with E-state index in [0.29, 0.717) is 0 Å². The molecule has 0 unspecified atom stereocenters. The molecule has 1 fully saturated rings. The van der Waals surface area contributed by atoms with E-state index in [1.54, 1.807) is 0 Å². The van der Waals surface area contributed by atoms with Crippen molar-refractivity contribution in [2.75, 3.05) is 0 Å². The summed E-state index contributed by atoms with van der Waals surface area (Å²) in [7, 11) is 14.9. The molecule has 53 valence electrons. The van der Waals surface area contributed by atoms with Crippen molar-refractivity contribution in [3.63, 3.8) is 0 Å². The minimum absolute atomic E-state index is 1.32. The molecule has 0 saturated heterocycles. The van der Waals surface area contributed by atoms with Gasteiger partial charge >= 0.3 is 42.6 Å². The standard InChI is InChI=1S/C5H8.3ClH.Ti/c1-2-4-5-3-1;;;;/h1-2H,3-5H2;3*1H;/q;;;;+3/p-3. The first-order valence-corrected chi connectivity index (χ1v) is 9.16. The molecular formula is C5H8Cl3Ti. The SMILES string of the molecule is [CH]1[CH]CCC1.[Cl][Ti]([Cl])[Cl]. The fourth-order valence-corrected chi connectivity index (χ4v) is 0.589. The molecule has 0 N–H and O–H groups in total. The van der Waals surface area contributed by atoms with E-state index in [-0.39, 0.29) is 0 Å². The van der Waals surface area contributed by atoms with Crippen molar-refractivity contribution in [1.82, 2.24) is 0 Å². The van der Waals surface area contributed by atoms with Crippen molar-refractivity contribution < 1.29 is 14.7 Å². The average molecular weight is 222 g/mol. The Labute approximate surface area is 74.3 Å². The molecule has 4 heteroatoms. The molecule has 0 aromatic rings. The number of hydrogen-bond donors (Lipinski definition) is 0. The van der Waals surface area contributed by atoms with Crippen LogP contribution in [0.5, 0.6) is 0 Å². The zero-order chi connectivity index (χ0) is 7.11. The second-order valence-electron chi connectivity index (χ2n) is 1.62. The molecule has 0 aromatic heterocycles. The molecule has 0 atom stereocenters. The van der Waals surface area contributed by atoms with Crippen LogP contribution >= 0.6 is 27.9 Å². The Morgan fingerprint density at radius 3 is 1.44 bits per heavy atom. The number of halogens is 3. The summed E-state index contributed by atoms with van der Waals surface area (Å²) in [6, 6.07) is 0. The molecule has 0 nitrogen and oxygen atoms in total. The summed E-state index contributed by atoms with van der Waals surface area (Å²) in [6.45, 7) is 0. The van der Waals surface area contributed by atoms with Crippen LogP contribution in [0.4, 0.5) is 0 Å². The second-order valence-corrected chi connectivity index (χ2v) is 9.35. The van der Waals surface area contributed by atoms with Gasteiger partial charge in [-0.05, 0) is 25.7 Å². The molecule has 0 amide bonds. The van der Waals surface area contributed by atoms with Crippen LogP contribution in [0.2, 0.25) is 0 Å². The molecule has 9 heavy (non-hydrogen) atoms. The van der Waals surface area contributed by atoms with Crippen LogP contribution in [-0.2, 0) is 14.7 Å². The van der Waals surface area contributed by atoms with Crippen LogP contribution in [0.15, 0.2) is 0 Å². The van der Waals surface area contributed by atoms with Crippen molar-refractivity contribution in [2.24, 2.45) is 0 Å². The topological polar surface area (TPSA) is 0 Å². The van der Waals surface area contributed by atoms with E-state index < -0.39 is 14.7 Å². The van der Waals surface area contributed by atoms with Gasteiger partial charge in [0.2, 0.25) is 0 Å². The molecule has 0 spiro atoms. The van der Waals surface area contributed by atoms with E-state index in [0.717, 1.165) is 0 Å². The molecule has 0 heterocycles. The van der Waals surface area contributed by atoms with Gasteiger partial charge in [-0.15, -0.1) is 0 Å². The zero-order valence-corrected chi connectivity index (χ0v) is 8.74. The van der Waals surface area contributed by atoms with E-state index in [9.17, 15) is 0 Å². The van der Waals surface area contributed by atoms with Gasteiger partial charge in [0.05, 0.1) is 0 Å². The minimum atomic E-state index is -1.92. The first-order valence-electron chi connectivity index (χ1n) is 2.72. The molecule has 2 radical (unpaired) electrons. The van der Waals surface area contributed by atoms with Gasteiger partial charge < -0.3 is 0 Å². The van der Waals surface area contributed by atoms with Crippen molar-refractivity contribution in [1.29, 1.82) is 0 Å². The Morgan fingerprint density at radius 2 is 1.33 bits per heavy atom.